The highest BCUT2D eigenvalue weighted by Gasteiger charge is 2.17. The summed E-state index contributed by atoms with van der Waals surface area (Å²) in [7, 11) is -0.914. The fourth-order valence-electron chi connectivity index (χ4n) is 1.43. The van der Waals surface area contributed by atoms with E-state index in [1.54, 1.807) is 0 Å². The van der Waals surface area contributed by atoms with Gasteiger partial charge in [-0.25, -0.2) is 0 Å². The molecule has 80 valence electrons. The normalized spacial score (nSPS) is 9.88. The van der Waals surface area contributed by atoms with Gasteiger partial charge in [0.1, 0.15) is 5.75 Å². The third-order valence-corrected chi connectivity index (χ3v) is 2.35. The lowest BCUT2D eigenvalue weighted by molar-refractivity contribution is 0.432. The first-order valence-corrected chi connectivity index (χ1v) is 5.22. The SMILES string of the molecule is Cc1ccc(B(O)Oc2ccccc2)cc1. The van der Waals surface area contributed by atoms with Crippen LogP contribution < -0.4 is 10.1 Å². The van der Waals surface area contributed by atoms with Gasteiger partial charge >= 0.3 is 7.12 Å². The molecule has 0 aliphatic carbocycles. The van der Waals surface area contributed by atoms with Crippen LogP contribution in [0.4, 0.5) is 0 Å². The molecule has 0 radical (unpaired) electrons. The lowest BCUT2D eigenvalue weighted by Gasteiger charge is -2.09. The number of benzene rings is 2. The van der Waals surface area contributed by atoms with E-state index in [2.05, 4.69) is 0 Å². The minimum absolute atomic E-state index is 0.663. The number of rotatable bonds is 3. The van der Waals surface area contributed by atoms with Crippen molar-refractivity contribution in [2.45, 2.75) is 6.92 Å². The largest absolute Gasteiger partial charge is 0.560 e. The second kappa shape index (κ2) is 4.86. The molecule has 0 fully saturated rings. The Balaban J connectivity index is 2.09. The number of aryl methyl sites for hydroxylation is 1. The van der Waals surface area contributed by atoms with Crippen LogP contribution in [0.1, 0.15) is 5.56 Å². The first-order chi connectivity index (χ1) is 7.75. The molecule has 1 N–H and O–H groups in total. The van der Waals surface area contributed by atoms with E-state index in [0.29, 0.717) is 5.75 Å². The molecule has 0 amide bonds. The lowest BCUT2D eigenvalue weighted by Crippen LogP contribution is -2.36. The van der Waals surface area contributed by atoms with Gasteiger partial charge in [0.15, 0.2) is 0 Å². The zero-order valence-corrected chi connectivity index (χ0v) is 9.13. The molecule has 0 atom stereocenters. The van der Waals surface area contributed by atoms with Gasteiger partial charge in [0.05, 0.1) is 0 Å². The first kappa shape index (κ1) is 10.8. The van der Waals surface area contributed by atoms with Crippen LogP contribution in [0.25, 0.3) is 0 Å². The van der Waals surface area contributed by atoms with Crippen LogP contribution >= 0.6 is 0 Å². The Morgan fingerprint density at radius 2 is 1.56 bits per heavy atom. The van der Waals surface area contributed by atoms with Crippen LogP contribution in [-0.4, -0.2) is 12.1 Å². The topological polar surface area (TPSA) is 29.5 Å². The molecular formula is C13H13BO2. The van der Waals surface area contributed by atoms with Gasteiger partial charge in [-0.1, -0.05) is 48.0 Å². The van der Waals surface area contributed by atoms with Gasteiger partial charge in [0.25, 0.3) is 0 Å². The summed E-state index contributed by atoms with van der Waals surface area (Å²) in [4.78, 5) is 0. The molecule has 0 aromatic heterocycles. The van der Waals surface area contributed by atoms with Crippen molar-refractivity contribution in [3.63, 3.8) is 0 Å². The molecule has 2 nitrogen and oxygen atoms in total. The van der Waals surface area contributed by atoms with Crippen molar-refractivity contribution in [3.8, 4) is 5.75 Å². The molecule has 2 rings (SSSR count). The van der Waals surface area contributed by atoms with Crippen molar-refractivity contribution in [2.24, 2.45) is 0 Å². The summed E-state index contributed by atoms with van der Waals surface area (Å²) in [5, 5.41) is 9.84. The molecule has 2 aromatic carbocycles. The van der Waals surface area contributed by atoms with E-state index >= 15 is 0 Å². The second-order valence-corrected chi connectivity index (χ2v) is 3.69. The Labute approximate surface area is 95.7 Å². The predicted octanol–water partition coefficient (Wildman–Crippen LogP) is 1.76. The molecule has 0 saturated carbocycles. The Morgan fingerprint density at radius 3 is 2.19 bits per heavy atom. The zero-order chi connectivity index (χ0) is 11.4. The van der Waals surface area contributed by atoms with Crippen LogP contribution in [0.2, 0.25) is 0 Å². The molecule has 0 bridgehead atoms. The Morgan fingerprint density at radius 1 is 0.938 bits per heavy atom. The van der Waals surface area contributed by atoms with E-state index in [0.717, 1.165) is 11.0 Å². The fraction of sp³-hybridized carbons (Fsp3) is 0.0769. The minimum atomic E-state index is -0.914. The van der Waals surface area contributed by atoms with E-state index in [1.165, 1.54) is 0 Å². The van der Waals surface area contributed by atoms with Gasteiger partial charge in [0.2, 0.25) is 0 Å². The van der Waals surface area contributed by atoms with Gasteiger partial charge in [-0.2, -0.15) is 0 Å². The Kier molecular flexibility index (Phi) is 3.27. The minimum Gasteiger partial charge on any atom is -0.532 e. The van der Waals surface area contributed by atoms with Gasteiger partial charge in [-0.05, 0) is 24.5 Å². The van der Waals surface area contributed by atoms with Crippen molar-refractivity contribution in [3.05, 3.63) is 60.2 Å². The summed E-state index contributed by atoms with van der Waals surface area (Å²) in [5.41, 5.74) is 1.92. The van der Waals surface area contributed by atoms with Gasteiger partial charge in [0, 0.05) is 0 Å². The molecule has 0 spiro atoms. The molecule has 0 saturated heterocycles. The summed E-state index contributed by atoms with van der Waals surface area (Å²) in [6.45, 7) is 2.01. The highest BCUT2D eigenvalue weighted by molar-refractivity contribution is 6.60. The van der Waals surface area contributed by atoms with Crippen LogP contribution in [0.3, 0.4) is 0 Å². The highest BCUT2D eigenvalue weighted by atomic mass is 16.5. The van der Waals surface area contributed by atoms with E-state index in [9.17, 15) is 5.02 Å². The molecule has 0 aliphatic rings. The van der Waals surface area contributed by atoms with E-state index in [4.69, 9.17) is 4.65 Å². The third-order valence-electron chi connectivity index (χ3n) is 2.35. The molecule has 16 heavy (non-hydrogen) atoms. The van der Waals surface area contributed by atoms with Crippen molar-refractivity contribution >= 4 is 12.6 Å². The average Bonchev–Trinajstić information content (AvgIpc) is 2.31. The van der Waals surface area contributed by atoms with E-state index in [-0.39, 0.29) is 0 Å². The van der Waals surface area contributed by atoms with Crippen LogP contribution in [0.15, 0.2) is 54.6 Å². The maximum atomic E-state index is 9.84. The zero-order valence-electron chi connectivity index (χ0n) is 9.13. The van der Waals surface area contributed by atoms with Crippen LogP contribution in [0.5, 0.6) is 5.75 Å². The van der Waals surface area contributed by atoms with Gasteiger partial charge < -0.3 is 9.68 Å². The smallest absolute Gasteiger partial charge is 0.532 e. The number of para-hydroxylation sites is 1. The van der Waals surface area contributed by atoms with Crippen molar-refractivity contribution in [1.29, 1.82) is 0 Å². The van der Waals surface area contributed by atoms with Gasteiger partial charge in [-0.15, -0.1) is 0 Å². The average molecular weight is 212 g/mol. The molecule has 3 heteroatoms. The monoisotopic (exact) mass is 212 g/mol. The summed E-state index contributed by atoms with van der Waals surface area (Å²) >= 11 is 0. The van der Waals surface area contributed by atoms with Crippen molar-refractivity contribution < 1.29 is 9.68 Å². The maximum Gasteiger partial charge on any atom is 0.560 e. The van der Waals surface area contributed by atoms with Gasteiger partial charge in [-0.3, -0.25) is 0 Å². The van der Waals surface area contributed by atoms with Crippen LogP contribution in [0, 0.1) is 6.92 Å². The number of hydrogen-bond acceptors (Lipinski definition) is 2. The molecular weight excluding hydrogens is 199 g/mol. The Bertz CT molecular complexity index is 439. The summed E-state index contributed by atoms with van der Waals surface area (Å²) in [6.07, 6.45) is 0. The second-order valence-electron chi connectivity index (χ2n) is 3.69. The quantitative estimate of drug-likeness (QED) is 0.785. The van der Waals surface area contributed by atoms with Crippen molar-refractivity contribution in [1.82, 2.24) is 0 Å². The van der Waals surface area contributed by atoms with E-state index < -0.39 is 7.12 Å². The number of hydrogen-bond donors (Lipinski definition) is 1. The lowest BCUT2D eigenvalue weighted by atomic mass is 9.79. The maximum absolute atomic E-state index is 9.84. The molecule has 0 heterocycles. The molecule has 0 aliphatic heterocycles. The van der Waals surface area contributed by atoms with E-state index in [1.807, 2.05) is 61.5 Å². The first-order valence-electron chi connectivity index (χ1n) is 5.22. The predicted molar refractivity (Wildman–Crippen MR) is 65.9 cm³/mol. The molecule has 0 unspecified atom stereocenters. The summed E-state index contributed by atoms with van der Waals surface area (Å²) in [5.74, 6) is 0.663. The summed E-state index contributed by atoms with van der Waals surface area (Å²) < 4.78 is 5.40. The fourth-order valence-corrected chi connectivity index (χ4v) is 1.43. The van der Waals surface area contributed by atoms with Crippen LogP contribution in [-0.2, 0) is 0 Å². The Hall–Kier alpha value is -1.74. The summed E-state index contributed by atoms with van der Waals surface area (Å²) in [6, 6.07) is 16.9. The standard InChI is InChI=1S/C13H13BO2/c1-11-7-9-12(10-8-11)14(15)16-13-5-3-2-4-6-13/h2-10,15H,1H3. The highest BCUT2D eigenvalue weighted by Crippen LogP contribution is 2.08. The third kappa shape index (κ3) is 2.64. The molecule has 2 aromatic rings. The van der Waals surface area contributed by atoms with Crippen molar-refractivity contribution in [2.75, 3.05) is 0 Å².